The summed E-state index contributed by atoms with van der Waals surface area (Å²) in [6.45, 7) is 8.50. The topological polar surface area (TPSA) is 87.6 Å². The van der Waals surface area contributed by atoms with Gasteiger partial charge in [-0.15, -0.1) is 0 Å². The number of aliphatic hydroxyl groups is 1. The van der Waals surface area contributed by atoms with E-state index in [9.17, 15) is 18.7 Å². The van der Waals surface area contributed by atoms with E-state index in [-0.39, 0.29) is 11.5 Å². The van der Waals surface area contributed by atoms with Crippen molar-refractivity contribution in [1.29, 1.82) is 0 Å². The lowest BCUT2D eigenvalue weighted by molar-refractivity contribution is -0.170. The van der Waals surface area contributed by atoms with Crippen molar-refractivity contribution >= 4 is 44.2 Å². The maximum atomic E-state index is 15.4. The zero-order valence-corrected chi connectivity index (χ0v) is 23.1. The number of halogens is 4. The molecule has 1 unspecified atom stereocenters. The molecular weight excluding hydrogens is 553 g/mol. The Hall–Kier alpha value is -2.92. The number of likely N-dealkylation sites (N-methyl/N-ethyl adjacent to an activating group) is 1. The number of ether oxygens (including phenoxy) is 1. The molecule has 0 spiro atoms. The summed E-state index contributed by atoms with van der Waals surface area (Å²) in [5.41, 5.74) is -3.58. The summed E-state index contributed by atoms with van der Waals surface area (Å²) < 4.78 is 51.5. The van der Waals surface area contributed by atoms with E-state index in [0.29, 0.717) is 38.5 Å². The van der Waals surface area contributed by atoms with Gasteiger partial charge in [-0.1, -0.05) is 12.1 Å². The molecule has 2 aromatic carbocycles. The minimum atomic E-state index is -3.82. The van der Waals surface area contributed by atoms with Crippen LogP contribution in [0.2, 0.25) is 0 Å². The molecule has 2 heterocycles. The van der Waals surface area contributed by atoms with Crippen LogP contribution in [0.1, 0.15) is 57.6 Å². The number of aromatic nitrogens is 2. The summed E-state index contributed by atoms with van der Waals surface area (Å²) in [5.74, 6) is -4.05. The van der Waals surface area contributed by atoms with E-state index in [1.165, 1.54) is 17.0 Å². The number of aryl methyl sites for hydroxylation is 1. The van der Waals surface area contributed by atoms with Crippen molar-refractivity contribution in [2.45, 2.75) is 64.7 Å². The number of alkyl halides is 2. The molecule has 2 N–H and O–H groups in total. The summed E-state index contributed by atoms with van der Waals surface area (Å²) >= 11 is 3.51. The lowest BCUT2D eigenvalue weighted by Gasteiger charge is -2.37. The standard InChI is InChI=1S/C26H28BrF3N4O3/c1-12(14-9-8-10-16(18(14)28)26(29,30)25(5,6)36)31-22-15-11-17(27)21-20(19(15)32-13(2)33-22)34(7)23(35)24(3,4)37-21/h8-12,36H,1-7H3,(H,31,32,33). The van der Waals surface area contributed by atoms with Gasteiger partial charge in [-0.05, 0) is 69.6 Å². The summed E-state index contributed by atoms with van der Waals surface area (Å²) in [5, 5.41) is 13.6. The van der Waals surface area contributed by atoms with Gasteiger partial charge in [0.05, 0.1) is 16.1 Å². The highest BCUT2D eigenvalue weighted by Gasteiger charge is 2.49. The van der Waals surface area contributed by atoms with Gasteiger partial charge in [0.2, 0.25) is 0 Å². The van der Waals surface area contributed by atoms with Crippen molar-refractivity contribution in [2.75, 3.05) is 17.3 Å². The minimum absolute atomic E-state index is 0.0276. The highest BCUT2D eigenvalue weighted by Crippen LogP contribution is 2.48. The Bertz CT molecular complexity index is 1420. The van der Waals surface area contributed by atoms with Crippen molar-refractivity contribution in [2.24, 2.45) is 0 Å². The number of anilines is 2. The second-order valence-electron chi connectivity index (χ2n) is 10.2. The van der Waals surface area contributed by atoms with Crippen molar-refractivity contribution in [3.63, 3.8) is 0 Å². The molecule has 3 aromatic rings. The zero-order valence-electron chi connectivity index (χ0n) is 21.5. The molecule has 0 saturated carbocycles. The van der Waals surface area contributed by atoms with E-state index in [0.717, 1.165) is 19.9 Å². The first-order valence-electron chi connectivity index (χ1n) is 11.6. The molecule has 1 amide bonds. The summed E-state index contributed by atoms with van der Waals surface area (Å²) in [6.07, 6.45) is 0. The van der Waals surface area contributed by atoms with Crippen molar-refractivity contribution in [1.82, 2.24) is 9.97 Å². The van der Waals surface area contributed by atoms with Crippen LogP contribution in [0.3, 0.4) is 0 Å². The molecule has 0 aliphatic carbocycles. The number of amides is 1. The van der Waals surface area contributed by atoms with Gasteiger partial charge in [0, 0.05) is 18.0 Å². The van der Waals surface area contributed by atoms with E-state index in [2.05, 4.69) is 31.2 Å². The summed E-state index contributed by atoms with van der Waals surface area (Å²) in [7, 11) is 1.63. The number of fused-ring (bicyclic) bond motifs is 3. The van der Waals surface area contributed by atoms with Crippen LogP contribution < -0.4 is 15.0 Å². The number of hydrogen-bond donors (Lipinski definition) is 2. The molecule has 37 heavy (non-hydrogen) atoms. The van der Waals surface area contributed by atoms with Gasteiger partial charge >= 0.3 is 5.92 Å². The first-order chi connectivity index (χ1) is 17.0. The molecule has 0 bridgehead atoms. The Morgan fingerprint density at radius 1 is 1.24 bits per heavy atom. The first kappa shape index (κ1) is 27.1. The molecule has 0 radical (unpaired) electrons. The van der Waals surface area contributed by atoms with Gasteiger partial charge in [-0.2, -0.15) is 8.78 Å². The molecule has 1 aliphatic rings. The quantitative estimate of drug-likeness (QED) is 0.384. The molecule has 7 nitrogen and oxygen atoms in total. The number of rotatable bonds is 5. The van der Waals surface area contributed by atoms with Crippen LogP contribution >= 0.6 is 15.9 Å². The maximum absolute atomic E-state index is 15.4. The third-order valence-electron chi connectivity index (χ3n) is 6.45. The largest absolute Gasteiger partial charge is 0.475 e. The predicted octanol–water partition coefficient (Wildman–Crippen LogP) is 6.01. The van der Waals surface area contributed by atoms with Gasteiger partial charge in [0.25, 0.3) is 5.91 Å². The fourth-order valence-electron chi connectivity index (χ4n) is 4.37. The predicted molar refractivity (Wildman–Crippen MR) is 139 cm³/mol. The average Bonchev–Trinajstić information content (AvgIpc) is 2.77. The SMILES string of the molecule is Cc1nc(NC(C)c2cccc(C(F)(F)C(C)(C)O)c2F)c2cc(Br)c3c(c2n1)N(C)C(=O)C(C)(C)O3. The zero-order chi connectivity index (χ0) is 27.7. The Morgan fingerprint density at radius 3 is 2.51 bits per heavy atom. The Morgan fingerprint density at radius 2 is 1.89 bits per heavy atom. The first-order valence-corrected chi connectivity index (χ1v) is 12.4. The van der Waals surface area contributed by atoms with E-state index in [1.807, 2.05) is 0 Å². The molecule has 0 saturated heterocycles. The van der Waals surface area contributed by atoms with Gasteiger partial charge in [-0.25, -0.2) is 14.4 Å². The molecule has 11 heteroatoms. The van der Waals surface area contributed by atoms with Crippen LogP contribution in [0, 0.1) is 12.7 Å². The fraction of sp³-hybridized carbons (Fsp3) is 0.423. The number of carbonyl (C=O) groups is 1. The van der Waals surface area contributed by atoms with Crippen molar-refractivity contribution in [3.05, 3.63) is 51.5 Å². The van der Waals surface area contributed by atoms with Crippen molar-refractivity contribution < 1.29 is 27.8 Å². The number of nitrogens with one attached hydrogen (secondary N) is 1. The molecule has 198 valence electrons. The molecule has 4 rings (SSSR count). The van der Waals surface area contributed by atoms with E-state index < -0.39 is 34.5 Å². The Labute approximate surface area is 221 Å². The number of hydrogen-bond acceptors (Lipinski definition) is 6. The van der Waals surface area contributed by atoms with E-state index in [1.54, 1.807) is 40.8 Å². The lowest BCUT2D eigenvalue weighted by Crippen LogP contribution is -2.51. The number of carbonyl (C=O) groups excluding carboxylic acids is 1. The number of benzene rings is 2. The Balaban J connectivity index is 1.83. The maximum Gasteiger partial charge on any atom is 0.303 e. The van der Waals surface area contributed by atoms with Gasteiger partial charge in [0.15, 0.2) is 11.4 Å². The van der Waals surface area contributed by atoms with Crippen LogP contribution in [0.15, 0.2) is 28.7 Å². The second-order valence-corrected chi connectivity index (χ2v) is 11.1. The normalized spacial score (nSPS) is 16.4. The highest BCUT2D eigenvalue weighted by molar-refractivity contribution is 9.10. The van der Waals surface area contributed by atoms with Crippen LogP contribution in [-0.2, 0) is 10.7 Å². The smallest absolute Gasteiger partial charge is 0.303 e. The summed E-state index contributed by atoms with van der Waals surface area (Å²) in [4.78, 5) is 23.4. The van der Waals surface area contributed by atoms with E-state index in [4.69, 9.17) is 4.74 Å². The molecule has 1 atom stereocenters. The summed E-state index contributed by atoms with van der Waals surface area (Å²) in [6, 6.07) is 4.62. The van der Waals surface area contributed by atoms with Gasteiger partial charge < -0.3 is 20.1 Å². The lowest BCUT2D eigenvalue weighted by atomic mass is 9.91. The third-order valence-corrected chi connectivity index (χ3v) is 7.04. The molecule has 0 fully saturated rings. The highest BCUT2D eigenvalue weighted by atomic mass is 79.9. The van der Waals surface area contributed by atoms with Crippen molar-refractivity contribution in [3.8, 4) is 5.75 Å². The van der Waals surface area contributed by atoms with Gasteiger partial charge in [0.1, 0.15) is 34.3 Å². The fourth-order valence-corrected chi connectivity index (χ4v) is 4.87. The van der Waals surface area contributed by atoms with Crippen LogP contribution in [0.4, 0.5) is 24.7 Å². The Kier molecular flexibility index (Phi) is 6.48. The van der Waals surface area contributed by atoms with Gasteiger partial charge in [-0.3, -0.25) is 4.79 Å². The van der Waals surface area contributed by atoms with Crippen LogP contribution in [0.5, 0.6) is 5.75 Å². The molecule has 1 aliphatic heterocycles. The monoisotopic (exact) mass is 580 g/mol. The molecular formula is C26H28BrF3N4O3. The van der Waals surface area contributed by atoms with Crippen LogP contribution in [0.25, 0.3) is 10.9 Å². The molecule has 1 aromatic heterocycles. The number of nitrogens with zero attached hydrogens (tertiary/aromatic N) is 3. The van der Waals surface area contributed by atoms with Crippen LogP contribution in [-0.4, -0.2) is 39.2 Å². The average molecular weight is 581 g/mol. The van der Waals surface area contributed by atoms with E-state index >= 15 is 4.39 Å². The minimum Gasteiger partial charge on any atom is -0.475 e. The second kappa shape index (κ2) is 8.83. The third kappa shape index (κ3) is 4.41.